The number of methoxy groups -OCH3 is 1. The van der Waals surface area contributed by atoms with Crippen molar-refractivity contribution >= 4 is 11.6 Å². The van der Waals surface area contributed by atoms with E-state index >= 15 is 0 Å². The van der Waals surface area contributed by atoms with Crippen LogP contribution in [-0.4, -0.2) is 24.4 Å². The normalized spacial score (nSPS) is 19.1. The molecule has 0 radical (unpaired) electrons. The molecule has 1 aliphatic carbocycles. The first-order valence-electron chi connectivity index (χ1n) is 5.71. The summed E-state index contributed by atoms with van der Waals surface area (Å²) in [6.45, 7) is 0.211. The second-order valence-electron chi connectivity index (χ2n) is 4.69. The predicted octanol–water partition coefficient (Wildman–Crippen LogP) is 2.81. The summed E-state index contributed by atoms with van der Waals surface area (Å²) in [6.07, 6.45) is 2.13. The summed E-state index contributed by atoms with van der Waals surface area (Å²) in [5.74, 6) is -0.175. The van der Waals surface area contributed by atoms with Crippen molar-refractivity contribution < 1.29 is 14.2 Å². The summed E-state index contributed by atoms with van der Waals surface area (Å²) in [5.41, 5.74) is -0.624. The van der Waals surface area contributed by atoms with Crippen LogP contribution in [0.25, 0.3) is 0 Å². The highest BCUT2D eigenvalue weighted by molar-refractivity contribution is 6.31. The van der Waals surface area contributed by atoms with Gasteiger partial charge in [0.25, 0.3) is 0 Å². The third-order valence-corrected chi connectivity index (χ3v) is 3.63. The number of hydrogen-bond acceptors (Lipinski definition) is 2. The Kier molecular flexibility index (Phi) is 3.71. The highest BCUT2D eigenvalue weighted by Crippen LogP contribution is 2.42. The Labute approximate surface area is 105 Å². The zero-order valence-corrected chi connectivity index (χ0v) is 10.5. The SMILES string of the molecule is COCC(O)(Cc1c(F)cccc1Cl)C1CC1. The summed E-state index contributed by atoms with van der Waals surface area (Å²) in [6, 6.07) is 4.56. The molecule has 1 saturated carbocycles. The standard InChI is InChI=1S/C13H16ClFO2/c1-17-8-13(16,9-5-6-9)7-10-11(14)3-2-4-12(10)15/h2-4,9,16H,5-8H2,1H3. The molecule has 0 aliphatic heterocycles. The molecule has 0 amide bonds. The van der Waals surface area contributed by atoms with Crippen LogP contribution in [0.2, 0.25) is 5.02 Å². The van der Waals surface area contributed by atoms with Crippen molar-refractivity contribution in [3.63, 3.8) is 0 Å². The maximum Gasteiger partial charge on any atom is 0.127 e. The predicted molar refractivity (Wildman–Crippen MR) is 64.7 cm³/mol. The Balaban J connectivity index is 2.23. The minimum atomic E-state index is -0.999. The molecule has 0 aromatic heterocycles. The van der Waals surface area contributed by atoms with Crippen molar-refractivity contribution in [3.05, 3.63) is 34.6 Å². The second-order valence-corrected chi connectivity index (χ2v) is 5.10. The van der Waals surface area contributed by atoms with Gasteiger partial charge < -0.3 is 9.84 Å². The van der Waals surface area contributed by atoms with Gasteiger partial charge in [0.1, 0.15) is 5.82 Å². The van der Waals surface area contributed by atoms with Crippen LogP contribution in [0.4, 0.5) is 4.39 Å². The molecule has 1 N–H and O–H groups in total. The van der Waals surface area contributed by atoms with Gasteiger partial charge in [0.15, 0.2) is 0 Å². The Morgan fingerprint density at radius 1 is 1.53 bits per heavy atom. The van der Waals surface area contributed by atoms with Gasteiger partial charge in [-0.1, -0.05) is 17.7 Å². The first kappa shape index (κ1) is 12.8. The molecule has 2 nitrogen and oxygen atoms in total. The van der Waals surface area contributed by atoms with Crippen molar-refractivity contribution in [2.75, 3.05) is 13.7 Å². The smallest absolute Gasteiger partial charge is 0.127 e. The molecule has 1 aromatic carbocycles. The minimum Gasteiger partial charge on any atom is -0.387 e. The van der Waals surface area contributed by atoms with E-state index in [9.17, 15) is 9.50 Å². The van der Waals surface area contributed by atoms with Gasteiger partial charge in [0.05, 0.1) is 12.2 Å². The number of aliphatic hydroxyl groups is 1. The summed E-state index contributed by atoms with van der Waals surface area (Å²) >= 11 is 5.97. The van der Waals surface area contributed by atoms with E-state index in [-0.39, 0.29) is 24.8 Å². The van der Waals surface area contributed by atoms with Crippen LogP contribution in [0.1, 0.15) is 18.4 Å². The lowest BCUT2D eigenvalue weighted by molar-refractivity contribution is -0.0479. The molecule has 1 atom stereocenters. The molecule has 1 aromatic rings. The Bertz CT molecular complexity index is 386. The van der Waals surface area contributed by atoms with Crippen LogP contribution in [0, 0.1) is 11.7 Å². The van der Waals surface area contributed by atoms with Crippen molar-refractivity contribution in [1.82, 2.24) is 0 Å². The van der Waals surface area contributed by atoms with E-state index in [1.807, 2.05) is 0 Å². The van der Waals surface area contributed by atoms with Crippen molar-refractivity contribution in [2.45, 2.75) is 24.9 Å². The van der Waals surface area contributed by atoms with E-state index in [0.29, 0.717) is 10.6 Å². The van der Waals surface area contributed by atoms with Gasteiger partial charge in [0, 0.05) is 24.1 Å². The molecular weight excluding hydrogens is 243 g/mol. The monoisotopic (exact) mass is 258 g/mol. The topological polar surface area (TPSA) is 29.5 Å². The largest absolute Gasteiger partial charge is 0.387 e. The van der Waals surface area contributed by atoms with Crippen LogP contribution >= 0.6 is 11.6 Å². The molecule has 0 heterocycles. The van der Waals surface area contributed by atoms with Crippen LogP contribution in [0.5, 0.6) is 0 Å². The highest BCUT2D eigenvalue weighted by Gasteiger charge is 2.44. The van der Waals surface area contributed by atoms with Gasteiger partial charge in [-0.05, 0) is 30.9 Å². The van der Waals surface area contributed by atoms with E-state index in [0.717, 1.165) is 12.8 Å². The summed E-state index contributed by atoms with van der Waals surface area (Å²) < 4.78 is 18.7. The number of hydrogen-bond donors (Lipinski definition) is 1. The number of halogens is 2. The molecule has 17 heavy (non-hydrogen) atoms. The third-order valence-electron chi connectivity index (χ3n) is 3.28. The van der Waals surface area contributed by atoms with Gasteiger partial charge in [0.2, 0.25) is 0 Å². The maximum absolute atomic E-state index is 13.7. The lowest BCUT2D eigenvalue weighted by Crippen LogP contribution is -2.39. The molecular formula is C13H16ClFO2. The quantitative estimate of drug-likeness (QED) is 0.880. The van der Waals surface area contributed by atoms with Gasteiger partial charge in [-0.2, -0.15) is 0 Å². The van der Waals surface area contributed by atoms with E-state index in [1.54, 1.807) is 12.1 Å². The second kappa shape index (κ2) is 4.92. The van der Waals surface area contributed by atoms with Crippen molar-refractivity contribution in [2.24, 2.45) is 5.92 Å². The Morgan fingerprint density at radius 2 is 2.24 bits per heavy atom. The molecule has 2 rings (SSSR count). The molecule has 1 aliphatic rings. The summed E-state index contributed by atoms with van der Waals surface area (Å²) in [5, 5.41) is 10.9. The molecule has 4 heteroatoms. The zero-order chi connectivity index (χ0) is 12.5. The van der Waals surface area contributed by atoms with Crippen LogP contribution < -0.4 is 0 Å². The molecule has 1 unspecified atom stereocenters. The van der Waals surface area contributed by atoms with Crippen LogP contribution in [-0.2, 0) is 11.2 Å². The fourth-order valence-electron chi connectivity index (χ4n) is 2.19. The van der Waals surface area contributed by atoms with E-state index in [2.05, 4.69) is 0 Å². The third kappa shape index (κ3) is 2.79. The Morgan fingerprint density at radius 3 is 2.76 bits per heavy atom. The van der Waals surface area contributed by atoms with Crippen LogP contribution in [0.15, 0.2) is 18.2 Å². The molecule has 0 saturated heterocycles. The number of benzene rings is 1. The fraction of sp³-hybridized carbons (Fsp3) is 0.538. The van der Waals surface area contributed by atoms with Gasteiger partial charge in [-0.25, -0.2) is 4.39 Å². The highest BCUT2D eigenvalue weighted by atomic mass is 35.5. The van der Waals surface area contributed by atoms with E-state index < -0.39 is 5.60 Å². The van der Waals surface area contributed by atoms with Gasteiger partial charge in [-0.15, -0.1) is 0 Å². The number of rotatable bonds is 5. The first-order valence-corrected chi connectivity index (χ1v) is 6.09. The molecule has 94 valence electrons. The minimum absolute atomic E-state index is 0.193. The maximum atomic E-state index is 13.7. The molecule has 0 spiro atoms. The summed E-state index contributed by atoms with van der Waals surface area (Å²) in [7, 11) is 1.54. The average Bonchev–Trinajstić information content (AvgIpc) is 3.08. The van der Waals surface area contributed by atoms with E-state index in [1.165, 1.54) is 13.2 Å². The van der Waals surface area contributed by atoms with Crippen molar-refractivity contribution in [3.8, 4) is 0 Å². The average molecular weight is 259 g/mol. The molecule has 1 fully saturated rings. The Hall–Kier alpha value is -0.640. The van der Waals surface area contributed by atoms with E-state index in [4.69, 9.17) is 16.3 Å². The zero-order valence-electron chi connectivity index (χ0n) is 9.75. The lowest BCUT2D eigenvalue weighted by Gasteiger charge is -2.28. The van der Waals surface area contributed by atoms with Crippen LogP contribution in [0.3, 0.4) is 0 Å². The van der Waals surface area contributed by atoms with Crippen molar-refractivity contribution in [1.29, 1.82) is 0 Å². The van der Waals surface area contributed by atoms with Gasteiger partial charge >= 0.3 is 0 Å². The molecule has 0 bridgehead atoms. The van der Waals surface area contributed by atoms with Gasteiger partial charge in [-0.3, -0.25) is 0 Å². The number of ether oxygens (including phenoxy) is 1. The first-order chi connectivity index (χ1) is 8.07. The fourth-order valence-corrected chi connectivity index (χ4v) is 2.42. The lowest BCUT2D eigenvalue weighted by atomic mass is 9.90. The summed E-state index contributed by atoms with van der Waals surface area (Å²) in [4.78, 5) is 0.